The maximum absolute atomic E-state index is 14.0. The minimum absolute atomic E-state index is 0.0195. The number of halogens is 1. The average Bonchev–Trinajstić information content (AvgIpc) is 3.27. The lowest BCUT2D eigenvalue weighted by molar-refractivity contribution is 0.0706. The molecule has 1 fully saturated rings. The second-order valence-corrected chi connectivity index (χ2v) is 8.59. The van der Waals surface area contributed by atoms with E-state index in [0.29, 0.717) is 43.9 Å². The highest BCUT2D eigenvalue weighted by Gasteiger charge is 2.28. The molecule has 0 saturated carbocycles. The lowest BCUT2D eigenvalue weighted by atomic mass is 9.95. The van der Waals surface area contributed by atoms with Crippen LogP contribution in [-0.4, -0.2) is 48.9 Å². The van der Waals surface area contributed by atoms with E-state index in [9.17, 15) is 14.0 Å². The van der Waals surface area contributed by atoms with Gasteiger partial charge in [0.1, 0.15) is 11.6 Å². The molecule has 2 aromatic carbocycles. The Balaban J connectivity index is 1.34. The molecular formula is C25H25FN6O2. The van der Waals surface area contributed by atoms with Crippen molar-refractivity contribution in [3.05, 3.63) is 87.2 Å². The third-order valence-corrected chi connectivity index (χ3v) is 6.43. The Morgan fingerprint density at radius 1 is 1.09 bits per heavy atom. The summed E-state index contributed by atoms with van der Waals surface area (Å²) < 4.78 is 15.7. The molecule has 34 heavy (non-hydrogen) atoms. The van der Waals surface area contributed by atoms with Crippen molar-refractivity contribution in [2.75, 3.05) is 13.1 Å². The number of H-pyrrole nitrogens is 1. The number of aromatic nitrogens is 5. The van der Waals surface area contributed by atoms with Gasteiger partial charge in [0.15, 0.2) is 11.2 Å². The first-order chi connectivity index (χ1) is 16.5. The molecule has 1 N–H and O–H groups in total. The maximum atomic E-state index is 14.0. The van der Waals surface area contributed by atoms with Crippen molar-refractivity contribution in [3.8, 4) is 0 Å². The first-order valence-corrected chi connectivity index (χ1v) is 11.5. The van der Waals surface area contributed by atoms with Gasteiger partial charge in [-0.1, -0.05) is 48.5 Å². The summed E-state index contributed by atoms with van der Waals surface area (Å²) in [4.78, 5) is 34.6. The molecule has 1 saturated heterocycles. The molecular weight excluding hydrogens is 435 g/mol. The third kappa shape index (κ3) is 4.21. The number of hydrogen-bond acceptors (Lipinski definition) is 5. The standard InChI is InChI=1S/C25H25FN6O2/c1-2-16-7-9-17(10-8-16)15-32-23-21(29-30-32)24(33)28-22(27-23)18-11-13-31(14-12-18)25(34)19-5-3-4-6-20(19)26/h3-10,18H,2,11-15H2,1H3,(H,27,28,33). The summed E-state index contributed by atoms with van der Waals surface area (Å²) in [6.45, 7) is 3.49. The summed E-state index contributed by atoms with van der Waals surface area (Å²) in [7, 11) is 0. The summed E-state index contributed by atoms with van der Waals surface area (Å²) in [6.07, 6.45) is 2.21. The second kappa shape index (κ2) is 9.17. The molecule has 0 aliphatic carbocycles. The number of aryl methyl sites for hydroxylation is 1. The zero-order valence-electron chi connectivity index (χ0n) is 18.9. The molecule has 3 heterocycles. The Kier molecular flexibility index (Phi) is 5.91. The largest absolute Gasteiger partial charge is 0.339 e. The summed E-state index contributed by atoms with van der Waals surface area (Å²) in [5, 5.41) is 8.18. The molecule has 0 unspecified atom stereocenters. The van der Waals surface area contributed by atoms with Crippen molar-refractivity contribution < 1.29 is 9.18 Å². The van der Waals surface area contributed by atoms with Crippen LogP contribution >= 0.6 is 0 Å². The van der Waals surface area contributed by atoms with Crippen LogP contribution in [0.3, 0.4) is 0 Å². The third-order valence-electron chi connectivity index (χ3n) is 6.43. The number of carbonyl (C=O) groups is 1. The molecule has 9 heteroatoms. The van der Waals surface area contributed by atoms with Crippen LogP contribution < -0.4 is 5.56 Å². The number of aromatic amines is 1. The van der Waals surface area contributed by atoms with Crippen molar-refractivity contribution in [2.45, 2.75) is 38.6 Å². The van der Waals surface area contributed by atoms with Gasteiger partial charge in [-0.2, -0.15) is 0 Å². The lowest BCUT2D eigenvalue weighted by Crippen LogP contribution is -2.38. The van der Waals surface area contributed by atoms with Crippen molar-refractivity contribution in [1.29, 1.82) is 0 Å². The number of nitrogens with zero attached hydrogens (tertiary/aromatic N) is 5. The van der Waals surface area contributed by atoms with Gasteiger partial charge in [-0.25, -0.2) is 14.1 Å². The van der Waals surface area contributed by atoms with Gasteiger partial charge in [0, 0.05) is 19.0 Å². The highest BCUT2D eigenvalue weighted by atomic mass is 19.1. The molecule has 1 aliphatic heterocycles. The molecule has 174 valence electrons. The van der Waals surface area contributed by atoms with Gasteiger partial charge in [-0.05, 0) is 42.5 Å². The molecule has 0 radical (unpaired) electrons. The van der Waals surface area contributed by atoms with E-state index in [-0.39, 0.29) is 28.5 Å². The number of rotatable bonds is 5. The van der Waals surface area contributed by atoms with Gasteiger partial charge in [-0.15, -0.1) is 5.10 Å². The van der Waals surface area contributed by atoms with Gasteiger partial charge in [0.2, 0.25) is 0 Å². The summed E-state index contributed by atoms with van der Waals surface area (Å²) >= 11 is 0. The Hall–Kier alpha value is -3.88. The Morgan fingerprint density at radius 2 is 1.79 bits per heavy atom. The van der Waals surface area contributed by atoms with Crippen LogP contribution in [0.4, 0.5) is 4.39 Å². The van der Waals surface area contributed by atoms with E-state index in [1.54, 1.807) is 21.7 Å². The van der Waals surface area contributed by atoms with Gasteiger partial charge in [0.25, 0.3) is 11.5 Å². The molecule has 0 spiro atoms. The molecule has 4 aromatic rings. The Labute approximate surface area is 195 Å². The molecule has 1 amide bonds. The van der Waals surface area contributed by atoms with Crippen LogP contribution in [0.2, 0.25) is 0 Å². The molecule has 2 aromatic heterocycles. The van der Waals surface area contributed by atoms with Gasteiger partial charge >= 0.3 is 0 Å². The van der Waals surface area contributed by atoms with E-state index in [1.807, 2.05) is 12.1 Å². The summed E-state index contributed by atoms with van der Waals surface area (Å²) in [5.74, 6) is -0.282. The Bertz CT molecular complexity index is 1390. The van der Waals surface area contributed by atoms with E-state index < -0.39 is 5.82 Å². The van der Waals surface area contributed by atoms with E-state index in [2.05, 4.69) is 34.4 Å². The van der Waals surface area contributed by atoms with E-state index in [0.717, 1.165) is 12.0 Å². The highest BCUT2D eigenvalue weighted by molar-refractivity contribution is 5.94. The summed E-state index contributed by atoms with van der Waals surface area (Å²) in [5.41, 5.74) is 2.72. The quantitative estimate of drug-likeness (QED) is 0.493. The molecule has 1 aliphatic rings. The van der Waals surface area contributed by atoms with Crippen LogP contribution in [0.15, 0.2) is 53.3 Å². The molecule has 0 bridgehead atoms. The monoisotopic (exact) mass is 460 g/mol. The number of benzene rings is 2. The van der Waals surface area contributed by atoms with E-state index in [4.69, 9.17) is 4.98 Å². The minimum Gasteiger partial charge on any atom is -0.339 e. The number of likely N-dealkylation sites (tertiary alicyclic amines) is 1. The number of hydrogen-bond donors (Lipinski definition) is 1. The zero-order chi connectivity index (χ0) is 23.7. The number of amides is 1. The van der Waals surface area contributed by atoms with Crippen LogP contribution in [0.5, 0.6) is 0 Å². The molecule has 5 rings (SSSR count). The van der Waals surface area contributed by atoms with E-state index in [1.165, 1.54) is 17.7 Å². The van der Waals surface area contributed by atoms with Crippen molar-refractivity contribution >= 4 is 17.1 Å². The predicted octanol–water partition coefficient (Wildman–Crippen LogP) is 3.28. The Morgan fingerprint density at radius 3 is 2.50 bits per heavy atom. The summed E-state index contributed by atoms with van der Waals surface area (Å²) in [6, 6.07) is 14.3. The number of fused-ring (bicyclic) bond motifs is 1. The smallest absolute Gasteiger partial charge is 0.281 e. The SMILES string of the molecule is CCc1ccc(Cn2nnc3c(=O)[nH]c(C4CCN(C(=O)c5ccccc5F)CC4)nc32)cc1. The topological polar surface area (TPSA) is 96.8 Å². The fourth-order valence-corrected chi connectivity index (χ4v) is 4.40. The van der Waals surface area contributed by atoms with E-state index >= 15 is 0 Å². The number of piperidine rings is 1. The van der Waals surface area contributed by atoms with Crippen LogP contribution in [0, 0.1) is 5.82 Å². The predicted molar refractivity (Wildman–Crippen MR) is 125 cm³/mol. The first kappa shape index (κ1) is 21.9. The number of carbonyl (C=O) groups excluding carboxylic acids is 1. The second-order valence-electron chi connectivity index (χ2n) is 8.59. The maximum Gasteiger partial charge on any atom is 0.281 e. The lowest BCUT2D eigenvalue weighted by Gasteiger charge is -2.31. The van der Waals surface area contributed by atoms with Gasteiger partial charge in [-0.3, -0.25) is 9.59 Å². The normalized spacial score (nSPS) is 14.6. The van der Waals surface area contributed by atoms with Gasteiger partial charge in [0.05, 0.1) is 12.1 Å². The zero-order valence-corrected chi connectivity index (χ0v) is 18.9. The average molecular weight is 461 g/mol. The van der Waals surface area contributed by atoms with Crippen molar-refractivity contribution in [3.63, 3.8) is 0 Å². The van der Waals surface area contributed by atoms with Crippen molar-refractivity contribution in [2.24, 2.45) is 0 Å². The van der Waals surface area contributed by atoms with Crippen LogP contribution in [0.25, 0.3) is 11.2 Å². The fourth-order valence-electron chi connectivity index (χ4n) is 4.40. The van der Waals surface area contributed by atoms with Crippen LogP contribution in [0.1, 0.15) is 53.0 Å². The highest BCUT2D eigenvalue weighted by Crippen LogP contribution is 2.27. The fraction of sp³-hybridized carbons (Fsp3) is 0.320. The van der Waals surface area contributed by atoms with Crippen molar-refractivity contribution in [1.82, 2.24) is 29.9 Å². The van der Waals surface area contributed by atoms with Crippen LogP contribution in [-0.2, 0) is 13.0 Å². The molecule has 8 nitrogen and oxygen atoms in total. The number of nitrogens with one attached hydrogen (secondary N) is 1. The first-order valence-electron chi connectivity index (χ1n) is 11.5. The molecule has 0 atom stereocenters. The van der Waals surface area contributed by atoms with Gasteiger partial charge < -0.3 is 9.88 Å². The minimum atomic E-state index is -0.517.